The van der Waals surface area contributed by atoms with Crippen molar-refractivity contribution in [3.05, 3.63) is 0 Å². The molecule has 0 rings (SSSR count). The molecule has 0 saturated heterocycles. The molecule has 0 aromatic heterocycles. The van der Waals surface area contributed by atoms with Gasteiger partial charge in [0.05, 0.1) is 17.4 Å². The van der Waals surface area contributed by atoms with Crippen LogP contribution in [0.2, 0.25) is 0 Å². The Hall–Kier alpha value is -0.294. The van der Waals surface area contributed by atoms with Gasteiger partial charge in [0.2, 0.25) is 0 Å². The predicted octanol–water partition coefficient (Wildman–Crippen LogP) is -0.672. The zero-order valence-electron chi connectivity index (χ0n) is 10.2. The molecule has 0 aliphatic heterocycles. The third-order valence-electron chi connectivity index (χ3n) is 2.89. The van der Waals surface area contributed by atoms with Crippen LogP contribution in [0.4, 0.5) is 0 Å². The number of unbranched alkanes of at least 4 members (excludes halogenated alkanes) is 2. The van der Waals surface area contributed by atoms with E-state index < -0.39 is 23.3 Å². The SMILES string of the molecule is CCCCCC(C(=O)[O-])(C(=O)[O-])C(C)C.[Mg+2]. The largest absolute Gasteiger partial charge is 2.00 e. The quantitative estimate of drug-likeness (QED) is 0.335. The van der Waals surface area contributed by atoms with E-state index in [1.54, 1.807) is 13.8 Å². The van der Waals surface area contributed by atoms with E-state index in [0.29, 0.717) is 6.42 Å². The summed E-state index contributed by atoms with van der Waals surface area (Å²) < 4.78 is 0. The summed E-state index contributed by atoms with van der Waals surface area (Å²) >= 11 is 0. The van der Waals surface area contributed by atoms with E-state index in [1.165, 1.54) is 0 Å². The van der Waals surface area contributed by atoms with E-state index >= 15 is 0 Å². The van der Waals surface area contributed by atoms with Gasteiger partial charge in [0, 0.05) is 0 Å². The first-order chi connectivity index (χ1) is 6.89. The van der Waals surface area contributed by atoms with Gasteiger partial charge in [0.1, 0.15) is 0 Å². The van der Waals surface area contributed by atoms with Gasteiger partial charge in [0.15, 0.2) is 0 Å². The second kappa shape index (κ2) is 7.90. The molecular weight excluding hydrogens is 220 g/mol. The van der Waals surface area contributed by atoms with Gasteiger partial charge in [-0.25, -0.2) is 0 Å². The minimum atomic E-state index is -1.84. The van der Waals surface area contributed by atoms with Crippen LogP contribution in [0.5, 0.6) is 0 Å². The van der Waals surface area contributed by atoms with Gasteiger partial charge < -0.3 is 19.8 Å². The van der Waals surface area contributed by atoms with E-state index in [9.17, 15) is 19.8 Å². The fourth-order valence-electron chi connectivity index (χ4n) is 1.70. The molecule has 0 aliphatic rings. The maximum absolute atomic E-state index is 11.0. The summed E-state index contributed by atoms with van der Waals surface area (Å²) in [5.74, 6) is -3.59. The molecular formula is C11H18MgO4. The second-order valence-corrected chi connectivity index (χ2v) is 4.16. The number of rotatable bonds is 7. The first-order valence-corrected chi connectivity index (χ1v) is 5.32. The van der Waals surface area contributed by atoms with Crippen LogP contribution in [0.25, 0.3) is 0 Å². The van der Waals surface area contributed by atoms with Crippen LogP contribution in [-0.2, 0) is 9.59 Å². The molecule has 0 spiro atoms. The molecule has 0 radical (unpaired) electrons. The zero-order chi connectivity index (χ0) is 12.1. The Labute approximate surface area is 113 Å². The molecule has 0 N–H and O–H groups in total. The second-order valence-electron chi connectivity index (χ2n) is 4.16. The van der Waals surface area contributed by atoms with Crippen molar-refractivity contribution in [3.63, 3.8) is 0 Å². The van der Waals surface area contributed by atoms with Crippen LogP contribution in [0.3, 0.4) is 0 Å². The van der Waals surface area contributed by atoms with Crippen molar-refractivity contribution >= 4 is 35.0 Å². The first-order valence-electron chi connectivity index (χ1n) is 5.32. The van der Waals surface area contributed by atoms with Crippen LogP contribution >= 0.6 is 0 Å². The smallest absolute Gasteiger partial charge is 0.549 e. The summed E-state index contributed by atoms with van der Waals surface area (Å²) in [5, 5.41) is 21.9. The van der Waals surface area contributed by atoms with Crippen molar-refractivity contribution in [1.82, 2.24) is 0 Å². The van der Waals surface area contributed by atoms with Crippen LogP contribution in [-0.4, -0.2) is 35.0 Å². The summed E-state index contributed by atoms with van der Waals surface area (Å²) in [6.45, 7) is 5.10. The minimum absolute atomic E-state index is 0. The molecule has 0 amide bonds. The van der Waals surface area contributed by atoms with Gasteiger partial charge in [-0.05, 0) is 12.3 Å². The number of hydrogen-bond donors (Lipinski definition) is 0. The average Bonchev–Trinajstić information content (AvgIpc) is 2.10. The topological polar surface area (TPSA) is 80.3 Å². The first kappa shape index (κ1) is 18.1. The van der Waals surface area contributed by atoms with E-state index in [2.05, 4.69) is 0 Å². The molecule has 0 bridgehead atoms. The molecule has 0 aromatic rings. The van der Waals surface area contributed by atoms with Gasteiger partial charge >= 0.3 is 23.1 Å². The summed E-state index contributed by atoms with van der Waals surface area (Å²) in [7, 11) is 0. The van der Waals surface area contributed by atoms with Crippen molar-refractivity contribution in [2.45, 2.75) is 46.5 Å². The van der Waals surface area contributed by atoms with Crippen molar-refractivity contribution in [2.75, 3.05) is 0 Å². The third kappa shape index (κ3) is 3.94. The van der Waals surface area contributed by atoms with E-state index in [-0.39, 0.29) is 29.5 Å². The van der Waals surface area contributed by atoms with Gasteiger partial charge in [-0.3, -0.25) is 0 Å². The zero-order valence-corrected chi connectivity index (χ0v) is 11.7. The van der Waals surface area contributed by atoms with E-state index in [0.717, 1.165) is 12.8 Å². The van der Waals surface area contributed by atoms with Crippen LogP contribution in [0.15, 0.2) is 0 Å². The molecule has 0 saturated carbocycles. The van der Waals surface area contributed by atoms with Gasteiger partial charge in [-0.2, -0.15) is 0 Å². The fraction of sp³-hybridized carbons (Fsp3) is 0.818. The number of carbonyl (C=O) groups is 2. The Kier molecular flexibility index (Phi) is 8.92. The summed E-state index contributed by atoms with van der Waals surface area (Å²) in [6, 6.07) is 0. The number of hydrogen-bond acceptors (Lipinski definition) is 4. The molecule has 88 valence electrons. The Balaban J connectivity index is 0. The van der Waals surface area contributed by atoms with Crippen LogP contribution in [0.1, 0.15) is 46.5 Å². The molecule has 4 nitrogen and oxygen atoms in total. The number of carboxylic acids is 2. The molecule has 0 fully saturated rings. The van der Waals surface area contributed by atoms with Crippen molar-refractivity contribution in [3.8, 4) is 0 Å². The van der Waals surface area contributed by atoms with Crippen LogP contribution in [0, 0.1) is 11.3 Å². The molecule has 0 heterocycles. The van der Waals surface area contributed by atoms with Gasteiger partial charge in [0.25, 0.3) is 0 Å². The van der Waals surface area contributed by atoms with Crippen molar-refractivity contribution < 1.29 is 19.8 Å². The molecule has 16 heavy (non-hydrogen) atoms. The fourth-order valence-corrected chi connectivity index (χ4v) is 1.70. The maximum atomic E-state index is 11.0. The number of carbonyl (C=O) groups excluding carboxylic acids is 2. The predicted molar refractivity (Wildman–Crippen MR) is 57.2 cm³/mol. The minimum Gasteiger partial charge on any atom is -0.549 e. The Morgan fingerprint density at radius 1 is 1.12 bits per heavy atom. The Bertz CT molecular complexity index is 224. The summed E-state index contributed by atoms with van der Waals surface area (Å²) in [5.41, 5.74) is -1.84. The monoisotopic (exact) mass is 238 g/mol. The molecule has 0 atom stereocenters. The number of aliphatic carboxylic acids is 2. The van der Waals surface area contributed by atoms with Crippen molar-refractivity contribution in [1.29, 1.82) is 0 Å². The normalized spacial score (nSPS) is 11.0. The van der Waals surface area contributed by atoms with Gasteiger partial charge in [-0.15, -0.1) is 0 Å². The van der Waals surface area contributed by atoms with Gasteiger partial charge in [-0.1, -0.05) is 40.0 Å². The molecule has 0 aliphatic carbocycles. The molecule has 0 aromatic carbocycles. The number of carboxylic acid groups (broad SMARTS) is 2. The third-order valence-corrected chi connectivity index (χ3v) is 2.89. The van der Waals surface area contributed by atoms with Crippen LogP contribution < -0.4 is 10.2 Å². The standard InChI is InChI=1S/C11H20O4.Mg/c1-4-5-6-7-11(8(2)3,9(12)13)10(14)15;/h8H,4-7H2,1-3H3,(H,12,13)(H,14,15);/q;+2/p-2. The molecule has 0 unspecified atom stereocenters. The Morgan fingerprint density at radius 2 is 1.56 bits per heavy atom. The molecule has 5 heteroatoms. The van der Waals surface area contributed by atoms with E-state index in [4.69, 9.17) is 0 Å². The summed E-state index contributed by atoms with van der Waals surface area (Å²) in [4.78, 5) is 21.9. The Morgan fingerprint density at radius 3 is 1.81 bits per heavy atom. The summed E-state index contributed by atoms with van der Waals surface area (Å²) in [6.07, 6.45) is 2.38. The van der Waals surface area contributed by atoms with Crippen molar-refractivity contribution in [2.24, 2.45) is 11.3 Å². The maximum Gasteiger partial charge on any atom is 2.00 e. The average molecular weight is 239 g/mol. The van der Waals surface area contributed by atoms with E-state index in [1.807, 2.05) is 6.92 Å².